The second kappa shape index (κ2) is 10.1. The Hall–Kier alpha value is -3.98. The molecule has 1 aliphatic heterocycles. The Bertz CT molecular complexity index is 1430. The number of carboxylic acid groups (broad SMARTS) is 1. The number of benzene rings is 1. The molecule has 38 heavy (non-hydrogen) atoms. The molecule has 4 heterocycles. The molecule has 1 atom stereocenters. The van der Waals surface area contributed by atoms with Crippen molar-refractivity contribution >= 4 is 23.4 Å². The maximum Gasteiger partial charge on any atom is 0.341 e. The fraction of sp³-hybridized carbons (Fsp3) is 0.379. The van der Waals surface area contributed by atoms with E-state index in [4.69, 9.17) is 9.15 Å². The van der Waals surface area contributed by atoms with Crippen molar-refractivity contribution in [2.45, 2.75) is 45.1 Å². The average Bonchev–Trinajstić information content (AvgIpc) is 3.69. The molecule has 1 unspecified atom stereocenters. The predicted octanol–water partition coefficient (Wildman–Crippen LogP) is 5.30. The fourth-order valence-corrected chi connectivity index (χ4v) is 5.51. The molecule has 9 heteroatoms. The summed E-state index contributed by atoms with van der Waals surface area (Å²) in [5.74, 6) is -0.228. The Morgan fingerprint density at radius 1 is 1.05 bits per heavy atom. The van der Waals surface area contributed by atoms with Gasteiger partial charge in [0, 0.05) is 48.2 Å². The zero-order valence-electron chi connectivity index (χ0n) is 21.2. The number of anilines is 1. The number of fused-ring (bicyclic) bond motifs is 1. The molecule has 6 rings (SSSR count). The molecule has 9 nitrogen and oxygen atoms in total. The number of ether oxygens (including phenoxy) is 1. The van der Waals surface area contributed by atoms with Gasteiger partial charge in [-0.3, -0.25) is 9.69 Å². The number of carbonyl (C=O) groups is 2. The van der Waals surface area contributed by atoms with E-state index in [0.717, 1.165) is 42.6 Å². The van der Waals surface area contributed by atoms with Gasteiger partial charge in [0.15, 0.2) is 5.65 Å². The number of hydrogen-bond donors (Lipinski definition) is 1. The summed E-state index contributed by atoms with van der Waals surface area (Å²) in [5.41, 5.74) is 3.13. The van der Waals surface area contributed by atoms with Crippen molar-refractivity contribution in [2.75, 3.05) is 18.1 Å². The van der Waals surface area contributed by atoms with Crippen molar-refractivity contribution < 1.29 is 23.8 Å². The second-order valence-corrected chi connectivity index (χ2v) is 10.3. The monoisotopic (exact) mass is 514 g/mol. The highest BCUT2D eigenvalue weighted by Crippen LogP contribution is 2.38. The lowest BCUT2D eigenvalue weighted by atomic mass is 9.82. The Kier molecular flexibility index (Phi) is 6.45. The molecule has 1 aromatic carbocycles. The molecule has 2 fully saturated rings. The average molecular weight is 515 g/mol. The van der Waals surface area contributed by atoms with Crippen molar-refractivity contribution in [3.63, 3.8) is 0 Å². The quantitative estimate of drug-likeness (QED) is 0.372. The Morgan fingerprint density at radius 3 is 2.50 bits per heavy atom. The van der Waals surface area contributed by atoms with Gasteiger partial charge in [0.2, 0.25) is 11.8 Å². The zero-order chi connectivity index (χ0) is 26.2. The van der Waals surface area contributed by atoms with Gasteiger partial charge in [-0.15, -0.1) is 0 Å². The maximum atomic E-state index is 13.8. The summed E-state index contributed by atoms with van der Waals surface area (Å²) in [6.45, 7) is 3.11. The summed E-state index contributed by atoms with van der Waals surface area (Å²) in [6.07, 6.45) is 7.81. The molecule has 0 bridgehead atoms. The van der Waals surface area contributed by atoms with Crippen LogP contribution in [0.25, 0.3) is 28.2 Å². The number of nitrogens with zero attached hydrogens (tertiary/aromatic N) is 4. The van der Waals surface area contributed by atoms with Crippen LogP contribution in [0, 0.1) is 11.8 Å². The number of rotatable bonds is 6. The highest BCUT2D eigenvalue weighted by molar-refractivity contribution is 6.02. The molecule has 2 aliphatic rings. The standard InChI is InChI=1S/C29H30N4O5/c1-18-3-5-21(6-4-18)27(34)33(22-11-14-37-17-22)28-23(29(35)36)15-25(38-28)20-9-7-19(8-10-20)24-16-26-30-12-2-13-32(26)31-24/h2,7-10,12-13,15-16,18,21-22H,3-6,11,14,17H2,1H3,(H,35,36). The van der Waals surface area contributed by atoms with Gasteiger partial charge < -0.3 is 14.3 Å². The number of hydrogen-bond acceptors (Lipinski definition) is 6. The minimum atomic E-state index is -1.13. The van der Waals surface area contributed by atoms with Crippen LogP contribution in [-0.4, -0.2) is 50.8 Å². The van der Waals surface area contributed by atoms with E-state index in [1.807, 2.05) is 42.6 Å². The summed E-state index contributed by atoms with van der Waals surface area (Å²) in [6, 6.07) is 12.6. The van der Waals surface area contributed by atoms with Crippen LogP contribution in [0.5, 0.6) is 0 Å². The topological polar surface area (TPSA) is 110 Å². The molecule has 4 aromatic rings. The summed E-state index contributed by atoms with van der Waals surface area (Å²) >= 11 is 0. The normalized spacial score (nSPS) is 21.6. The van der Waals surface area contributed by atoms with Gasteiger partial charge in [0.1, 0.15) is 11.3 Å². The Balaban J connectivity index is 1.33. The Labute approximate surface area is 220 Å². The number of aromatic carboxylic acids is 1. The van der Waals surface area contributed by atoms with E-state index < -0.39 is 5.97 Å². The maximum absolute atomic E-state index is 13.8. The van der Waals surface area contributed by atoms with Crippen LogP contribution in [0.2, 0.25) is 0 Å². The molecule has 1 aliphatic carbocycles. The van der Waals surface area contributed by atoms with Crippen LogP contribution in [0.1, 0.15) is 49.4 Å². The Morgan fingerprint density at radius 2 is 1.82 bits per heavy atom. The van der Waals surface area contributed by atoms with Crippen molar-refractivity contribution in [3.05, 3.63) is 60.4 Å². The summed E-state index contributed by atoms with van der Waals surface area (Å²) in [5, 5.41) is 14.6. The van der Waals surface area contributed by atoms with Crippen molar-refractivity contribution in [2.24, 2.45) is 11.8 Å². The number of amides is 1. The lowest BCUT2D eigenvalue weighted by Crippen LogP contribution is -2.45. The molecule has 1 amide bonds. The van der Waals surface area contributed by atoms with Crippen LogP contribution in [-0.2, 0) is 9.53 Å². The third-order valence-corrected chi connectivity index (χ3v) is 7.74. The van der Waals surface area contributed by atoms with Gasteiger partial charge in [-0.2, -0.15) is 5.10 Å². The number of carbonyl (C=O) groups excluding carboxylic acids is 1. The summed E-state index contributed by atoms with van der Waals surface area (Å²) in [7, 11) is 0. The fourth-order valence-electron chi connectivity index (χ4n) is 5.51. The van der Waals surface area contributed by atoms with E-state index in [-0.39, 0.29) is 29.3 Å². The minimum Gasteiger partial charge on any atom is -0.477 e. The summed E-state index contributed by atoms with van der Waals surface area (Å²) < 4.78 is 13.5. The van der Waals surface area contributed by atoms with Crippen molar-refractivity contribution in [1.29, 1.82) is 0 Å². The van der Waals surface area contributed by atoms with Crippen LogP contribution >= 0.6 is 0 Å². The highest BCUT2D eigenvalue weighted by Gasteiger charge is 2.38. The first-order chi connectivity index (χ1) is 18.5. The third kappa shape index (κ3) is 4.58. The first kappa shape index (κ1) is 24.4. The molecular weight excluding hydrogens is 484 g/mol. The molecule has 0 spiro atoms. The SMILES string of the molecule is CC1CCC(C(=O)N(c2oc(-c3ccc(-c4cc5ncccn5n4)cc3)cc2C(=O)O)C2CCOC2)CC1. The predicted molar refractivity (Wildman–Crippen MR) is 141 cm³/mol. The first-order valence-corrected chi connectivity index (χ1v) is 13.2. The van der Waals surface area contributed by atoms with Crippen LogP contribution in [0.3, 0.4) is 0 Å². The van der Waals surface area contributed by atoms with E-state index in [9.17, 15) is 14.7 Å². The van der Waals surface area contributed by atoms with Gasteiger partial charge in [-0.1, -0.05) is 31.2 Å². The van der Waals surface area contributed by atoms with Gasteiger partial charge >= 0.3 is 5.97 Å². The summed E-state index contributed by atoms with van der Waals surface area (Å²) in [4.78, 5) is 32.0. The van der Waals surface area contributed by atoms with Gasteiger partial charge in [0.25, 0.3) is 0 Å². The molecule has 0 radical (unpaired) electrons. The van der Waals surface area contributed by atoms with E-state index in [2.05, 4.69) is 17.0 Å². The van der Waals surface area contributed by atoms with Crippen LogP contribution < -0.4 is 4.90 Å². The van der Waals surface area contributed by atoms with E-state index in [1.165, 1.54) is 6.07 Å². The van der Waals surface area contributed by atoms with Gasteiger partial charge in [-0.05, 0) is 44.1 Å². The molecule has 1 saturated heterocycles. The minimum absolute atomic E-state index is 0.0140. The zero-order valence-corrected chi connectivity index (χ0v) is 21.2. The lowest BCUT2D eigenvalue weighted by Gasteiger charge is -2.33. The van der Waals surface area contributed by atoms with Crippen molar-refractivity contribution in [3.8, 4) is 22.6 Å². The number of carboxylic acids is 1. The van der Waals surface area contributed by atoms with Crippen LogP contribution in [0.15, 0.2) is 59.3 Å². The molecule has 3 aromatic heterocycles. The van der Waals surface area contributed by atoms with E-state index >= 15 is 0 Å². The molecule has 196 valence electrons. The smallest absolute Gasteiger partial charge is 0.341 e. The number of furan rings is 1. The first-order valence-electron chi connectivity index (χ1n) is 13.2. The van der Waals surface area contributed by atoms with Gasteiger partial charge in [-0.25, -0.2) is 14.3 Å². The van der Waals surface area contributed by atoms with Gasteiger partial charge in [0.05, 0.1) is 18.3 Å². The van der Waals surface area contributed by atoms with E-state index in [0.29, 0.717) is 36.9 Å². The van der Waals surface area contributed by atoms with E-state index in [1.54, 1.807) is 15.6 Å². The highest BCUT2D eigenvalue weighted by atomic mass is 16.5. The largest absolute Gasteiger partial charge is 0.477 e. The van der Waals surface area contributed by atoms with Crippen molar-refractivity contribution in [1.82, 2.24) is 14.6 Å². The number of aromatic nitrogens is 3. The molecule has 1 saturated carbocycles. The van der Waals surface area contributed by atoms with Crippen LogP contribution in [0.4, 0.5) is 5.88 Å². The second-order valence-electron chi connectivity index (χ2n) is 10.3. The lowest BCUT2D eigenvalue weighted by molar-refractivity contribution is -0.124. The molecule has 1 N–H and O–H groups in total. The molecular formula is C29H30N4O5. The third-order valence-electron chi connectivity index (χ3n) is 7.74.